The first kappa shape index (κ1) is 8.47. The molecule has 0 spiro atoms. The fraction of sp³-hybridized carbons (Fsp3) is 0.778. The number of hydrogen-bond acceptors (Lipinski definition) is 2. The maximum Gasteiger partial charge on any atom is 1.00 e. The van der Waals surface area contributed by atoms with Crippen molar-refractivity contribution in [1.29, 1.82) is 0 Å². The molecule has 1 saturated carbocycles. The maximum atomic E-state index is 5.42. The summed E-state index contributed by atoms with van der Waals surface area (Å²) in [4.78, 5) is 0. The fourth-order valence-corrected chi connectivity index (χ4v) is 4.73. The minimum Gasteiger partial charge on any atom is -0.400 e. The Morgan fingerprint density at radius 3 is 2.42 bits per heavy atom. The summed E-state index contributed by atoms with van der Waals surface area (Å²) in [6.45, 7) is 0. The molecule has 2 bridgehead atoms. The number of allylic oxidation sites excluding steroid dienone is 2. The van der Waals surface area contributed by atoms with Crippen LogP contribution in [-0.4, -0.2) is 23.5 Å². The summed E-state index contributed by atoms with van der Waals surface area (Å²) in [6.07, 6.45) is 7.37. The Labute approximate surface area is 76.9 Å². The Morgan fingerprint density at radius 2 is 2.00 bits per heavy atom. The molecule has 0 radical (unpaired) electrons. The minimum absolute atomic E-state index is 0. The van der Waals surface area contributed by atoms with Crippen LogP contribution < -0.4 is 0 Å². The van der Waals surface area contributed by atoms with Gasteiger partial charge in [0.25, 0.3) is 0 Å². The van der Waals surface area contributed by atoms with E-state index in [-0.39, 0.29) is 1.43 Å². The molecule has 68 valence electrons. The van der Waals surface area contributed by atoms with Crippen LogP contribution in [0.3, 0.4) is 0 Å². The summed E-state index contributed by atoms with van der Waals surface area (Å²) in [5, 5.41) is 0. The molecule has 0 N–H and O–H groups in total. The van der Waals surface area contributed by atoms with Crippen LogP contribution in [0.4, 0.5) is 0 Å². The molecule has 0 heterocycles. The highest BCUT2D eigenvalue weighted by Crippen LogP contribution is 2.48. The first-order chi connectivity index (χ1) is 5.85. The second-order valence-electron chi connectivity index (χ2n) is 3.78. The van der Waals surface area contributed by atoms with Gasteiger partial charge in [-0.05, 0) is 24.7 Å². The summed E-state index contributed by atoms with van der Waals surface area (Å²) in [5.41, 5.74) is 0.731. The zero-order chi connectivity index (χ0) is 8.55. The van der Waals surface area contributed by atoms with Crippen LogP contribution in [0.1, 0.15) is 14.3 Å². The molecule has 3 unspecified atom stereocenters. The Hall–Kier alpha value is -0.123. The van der Waals surface area contributed by atoms with Crippen molar-refractivity contribution in [3.05, 3.63) is 12.2 Å². The normalized spacial score (nSPS) is 38.4. The quantitative estimate of drug-likeness (QED) is 0.491. The van der Waals surface area contributed by atoms with E-state index in [4.69, 9.17) is 8.85 Å². The molecule has 0 aromatic carbocycles. The third-order valence-corrected chi connectivity index (χ3v) is 5.54. The Kier molecular flexibility index (Phi) is 2.34. The number of rotatable bonds is 3. The van der Waals surface area contributed by atoms with Gasteiger partial charge in [-0.25, -0.2) is 0 Å². The predicted octanol–water partition coefficient (Wildman–Crippen LogP) is 1.58. The van der Waals surface area contributed by atoms with E-state index in [0.29, 0.717) is 0 Å². The second-order valence-corrected chi connectivity index (χ2v) is 6.32. The molecule has 0 aliphatic heterocycles. The molecule has 2 aliphatic carbocycles. The first-order valence-electron chi connectivity index (χ1n) is 4.59. The van der Waals surface area contributed by atoms with Crippen molar-refractivity contribution in [3.8, 4) is 0 Å². The summed E-state index contributed by atoms with van der Waals surface area (Å²) in [6, 6.07) is 0. The van der Waals surface area contributed by atoms with E-state index in [2.05, 4.69) is 12.2 Å². The third kappa shape index (κ3) is 1.26. The van der Waals surface area contributed by atoms with Crippen LogP contribution in [-0.2, 0) is 8.85 Å². The Morgan fingerprint density at radius 1 is 1.25 bits per heavy atom. The van der Waals surface area contributed by atoms with Crippen molar-refractivity contribution in [1.82, 2.24) is 0 Å². The van der Waals surface area contributed by atoms with Crippen molar-refractivity contribution in [2.24, 2.45) is 11.8 Å². The lowest BCUT2D eigenvalue weighted by molar-refractivity contribution is 0.259. The van der Waals surface area contributed by atoms with E-state index in [1.165, 1.54) is 12.8 Å². The lowest BCUT2D eigenvalue weighted by Crippen LogP contribution is -2.28. The molecule has 0 aromatic heterocycles. The molecule has 12 heavy (non-hydrogen) atoms. The zero-order valence-corrected chi connectivity index (χ0v) is 8.85. The van der Waals surface area contributed by atoms with Crippen LogP contribution in [0.5, 0.6) is 0 Å². The highest BCUT2D eigenvalue weighted by molar-refractivity contribution is 6.46. The van der Waals surface area contributed by atoms with Crippen molar-refractivity contribution in [2.45, 2.75) is 18.4 Å². The monoisotopic (exact) mass is 185 g/mol. The molecule has 2 aliphatic rings. The van der Waals surface area contributed by atoms with Crippen molar-refractivity contribution in [3.63, 3.8) is 0 Å². The molecular weight excluding hydrogens is 168 g/mol. The van der Waals surface area contributed by atoms with Gasteiger partial charge in [-0.1, -0.05) is 12.2 Å². The SMILES string of the molecule is CO[SiH](OC)C1CC2C=CC1C2.[H+]. The van der Waals surface area contributed by atoms with Gasteiger partial charge in [0.05, 0.1) is 0 Å². The van der Waals surface area contributed by atoms with Gasteiger partial charge in [0.2, 0.25) is 0 Å². The predicted molar refractivity (Wildman–Crippen MR) is 51.4 cm³/mol. The third-order valence-electron chi connectivity index (χ3n) is 3.14. The fourth-order valence-electron chi connectivity index (χ4n) is 2.58. The van der Waals surface area contributed by atoms with Crippen molar-refractivity contribution in [2.75, 3.05) is 14.2 Å². The molecule has 3 heteroatoms. The smallest absolute Gasteiger partial charge is 0.400 e. The standard InChI is InChI=1S/C9H16O2Si/c1-10-12(11-2)9-6-7-3-4-8(9)5-7/h3-4,7-9,12H,5-6H2,1-2H3/p+1. The largest absolute Gasteiger partial charge is 1.00 e. The highest BCUT2D eigenvalue weighted by Gasteiger charge is 2.41. The molecule has 2 nitrogen and oxygen atoms in total. The summed E-state index contributed by atoms with van der Waals surface area (Å²) >= 11 is 0. The Bertz CT molecular complexity index is 194. The van der Waals surface area contributed by atoms with Crippen molar-refractivity contribution < 1.29 is 10.3 Å². The van der Waals surface area contributed by atoms with Crippen LogP contribution in [0.2, 0.25) is 5.54 Å². The van der Waals surface area contributed by atoms with Crippen LogP contribution in [0, 0.1) is 11.8 Å². The topological polar surface area (TPSA) is 18.5 Å². The van der Waals surface area contributed by atoms with Gasteiger partial charge in [0.1, 0.15) is 0 Å². The molecule has 3 atom stereocenters. The van der Waals surface area contributed by atoms with E-state index in [1.807, 2.05) is 0 Å². The first-order valence-corrected chi connectivity index (χ1v) is 6.20. The van der Waals surface area contributed by atoms with E-state index in [1.54, 1.807) is 14.2 Å². The summed E-state index contributed by atoms with van der Waals surface area (Å²) in [7, 11) is 2.23. The van der Waals surface area contributed by atoms with Gasteiger partial charge in [-0.2, -0.15) is 0 Å². The second kappa shape index (κ2) is 3.32. The van der Waals surface area contributed by atoms with Crippen molar-refractivity contribution >= 4 is 9.28 Å². The molecular formula is C9H17O2Si+. The molecule has 0 amide bonds. The molecule has 1 fully saturated rings. The lowest BCUT2D eigenvalue weighted by atomic mass is 10.1. The highest BCUT2D eigenvalue weighted by atomic mass is 28.3. The van der Waals surface area contributed by atoms with Crippen LogP contribution >= 0.6 is 0 Å². The number of hydrogen-bond donors (Lipinski definition) is 0. The van der Waals surface area contributed by atoms with E-state index >= 15 is 0 Å². The van der Waals surface area contributed by atoms with Gasteiger partial charge in [-0.3, -0.25) is 0 Å². The molecule has 0 aromatic rings. The summed E-state index contributed by atoms with van der Waals surface area (Å²) < 4.78 is 10.8. The van der Waals surface area contributed by atoms with Crippen LogP contribution in [0.25, 0.3) is 0 Å². The van der Waals surface area contributed by atoms with Gasteiger partial charge < -0.3 is 8.85 Å². The average molecular weight is 185 g/mol. The maximum absolute atomic E-state index is 5.42. The summed E-state index contributed by atoms with van der Waals surface area (Å²) in [5.74, 6) is 1.60. The van der Waals surface area contributed by atoms with Gasteiger partial charge in [0.15, 0.2) is 0 Å². The average Bonchev–Trinajstić information content (AvgIpc) is 2.67. The van der Waals surface area contributed by atoms with Crippen LogP contribution in [0.15, 0.2) is 12.2 Å². The van der Waals surface area contributed by atoms with Gasteiger partial charge in [-0.15, -0.1) is 0 Å². The van der Waals surface area contributed by atoms with Gasteiger partial charge >= 0.3 is 10.7 Å². The van der Waals surface area contributed by atoms with Gasteiger partial charge in [0, 0.05) is 19.8 Å². The van der Waals surface area contributed by atoms with E-state index in [0.717, 1.165) is 17.4 Å². The molecule has 0 saturated heterocycles. The minimum atomic E-state index is -1.34. The molecule has 2 rings (SSSR count). The van der Waals surface area contributed by atoms with E-state index in [9.17, 15) is 0 Å². The zero-order valence-electron chi connectivity index (χ0n) is 8.69. The Balaban J connectivity index is 0.000000845. The lowest BCUT2D eigenvalue weighted by Gasteiger charge is -2.23. The number of fused-ring (bicyclic) bond motifs is 2. The van der Waals surface area contributed by atoms with E-state index < -0.39 is 9.28 Å².